The fourth-order valence-electron chi connectivity index (χ4n) is 2.91. The van der Waals surface area contributed by atoms with Gasteiger partial charge in [-0.25, -0.2) is 4.79 Å². The maximum Gasteiger partial charge on any atom is 0.348 e. The molecule has 0 fully saturated rings. The number of carbonyl (C=O) groups is 1. The highest BCUT2D eigenvalue weighted by atomic mass is 16.6. The summed E-state index contributed by atoms with van der Waals surface area (Å²) in [4.78, 5) is 12.2. The van der Waals surface area contributed by atoms with Gasteiger partial charge in [0.25, 0.3) is 0 Å². The van der Waals surface area contributed by atoms with Gasteiger partial charge in [-0.05, 0) is 23.8 Å². The number of benzene rings is 2. The van der Waals surface area contributed by atoms with Gasteiger partial charge in [-0.2, -0.15) is 0 Å². The van der Waals surface area contributed by atoms with Gasteiger partial charge in [0, 0.05) is 18.1 Å². The molecule has 1 aromatic heterocycles. The van der Waals surface area contributed by atoms with Gasteiger partial charge >= 0.3 is 5.97 Å². The van der Waals surface area contributed by atoms with Crippen LogP contribution in [0.25, 0.3) is 11.3 Å². The summed E-state index contributed by atoms with van der Waals surface area (Å²) in [7, 11) is 1.60. The first-order chi connectivity index (χ1) is 12.7. The molecule has 0 unspecified atom stereocenters. The first-order valence-electron chi connectivity index (χ1n) is 8.25. The van der Waals surface area contributed by atoms with Crippen LogP contribution >= 0.6 is 0 Å². The monoisotopic (exact) mass is 351 g/mol. The fraction of sp³-hybridized carbons (Fsp3) is 0.200. The molecule has 0 aliphatic carbocycles. The van der Waals surface area contributed by atoms with E-state index >= 15 is 0 Å². The number of ether oxygens (including phenoxy) is 3. The van der Waals surface area contributed by atoms with Gasteiger partial charge in [-0.15, -0.1) is 0 Å². The average Bonchev–Trinajstić information content (AvgIpc) is 3.33. The van der Waals surface area contributed by atoms with E-state index in [1.54, 1.807) is 13.2 Å². The number of para-hydroxylation sites is 2. The molecular weight excluding hydrogens is 334 g/mol. The van der Waals surface area contributed by atoms with E-state index in [0.29, 0.717) is 23.6 Å². The Morgan fingerprint density at radius 1 is 1.19 bits per heavy atom. The van der Waals surface area contributed by atoms with Crippen molar-refractivity contribution in [3.8, 4) is 22.8 Å². The Bertz CT molecular complexity index is 908. The molecule has 1 aliphatic rings. The van der Waals surface area contributed by atoms with E-state index in [9.17, 15) is 4.79 Å². The average molecular weight is 351 g/mol. The quantitative estimate of drug-likeness (QED) is 0.656. The number of carbonyl (C=O) groups excluding carboxylic acids is 1. The van der Waals surface area contributed by atoms with Crippen molar-refractivity contribution in [3.05, 3.63) is 65.9 Å². The molecule has 1 atom stereocenters. The van der Waals surface area contributed by atoms with E-state index in [-0.39, 0.29) is 6.61 Å². The van der Waals surface area contributed by atoms with Crippen LogP contribution in [0.1, 0.15) is 11.3 Å². The van der Waals surface area contributed by atoms with Crippen molar-refractivity contribution in [1.82, 2.24) is 5.16 Å². The topological polar surface area (TPSA) is 70.8 Å². The minimum absolute atomic E-state index is 0.00279. The number of fused-ring (bicyclic) bond motifs is 1. The first-order valence-corrected chi connectivity index (χ1v) is 8.25. The van der Waals surface area contributed by atoms with Crippen molar-refractivity contribution in [3.63, 3.8) is 0 Å². The minimum atomic E-state index is -0.621. The number of aromatic nitrogens is 1. The van der Waals surface area contributed by atoms with Crippen LogP contribution in [-0.4, -0.2) is 24.3 Å². The van der Waals surface area contributed by atoms with Crippen molar-refractivity contribution >= 4 is 5.97 Å². The molecule has 0 amide bonds. The molecule has 0 saturated heterocycles. The summed E-state index contributed by atoms with van der Waals surface area (Å²) in [6.45, 7) is -0.00279. The second-order valence-electron chi connectivity index (χ2n) is 5.90. The van der Waals surface area contributed by atoms with E-state index in [2.05, 4.69) is 5.16 Å². The highest BCUT2D eigenvalue weighted by Crippen LogP contribution is 2.30. The molecule has 0 N–H and O–H groups in total. The lowest BCUT2D eigenvalue weighted by Gasteiger charge is -2.09. The van der Waals surface area contributed by atoms with Gasteiger partial charge < -0.3 is 18.7 Å². The zero-order valence-corrected chi connectivity index (χ0v) is 14.2. The molecule has 6 nitrogen and oxygen atoms in total. The largest absolute Gasteiger partial charge is 0.496 e. The molecule has 2 aromatic carbocycles. The molecular formula is C20H17NO5. The van der Waals surface area contributed by atoms with Gasteiger partial charge in [0.05, 0.1) is 7.11 Å². The highest BCUT2D eigenvalue weighted by Gasteiger charge is 2.30. The molecule has 1 aliphatic heterocycles. The fourth-order valence-corrected chi connectivity index (χ4v) is 2.91. The normalized spacial score (nSPS) is 15.2. The lowest BCUT2D eigenvalue weighted by molar-refractivity contribution is -0.153. The second kappa shape index (κ2) is 6.92. The SMILES string of the molecule is COc1ccccc1-c1cc(COC(=O)[C@H]2Cc3ccccc3O2)on1. The number of nitrogens with zero attached hydrogens (tertiary/aromatic N) is 1. The van der Waals surface area contributed by atoms with Gasteiger partial charge in [0.1, 0.15) is 17.2 Å². The molecule has 132 valence electrons. The van der Waals surface area contributed by atoms with E-state index in [1.165, 1.54) is 0 Å². The molecule has 2 heterocycles. The molecule has 3 aromatic rings. The molecule has 0 radical (unpaired) electrons. The van der Waals surface area contributed by atoms with E-state index in [1.807, 2.05) is 48.5 Å². The number of methoxy groups -OCH3 is 1. The van der Waals surface area contributed by atoms with Gasteiger partial charge in [0.2, 0.25) is 0 Å². The number of hydrogen-bond acceptors (Lipinski definition) is 6. The molecule has 4 rings (SSSR count). The van der Waals surface area contributed by atoms with Crippen LogP contribution in [0.5, 0.6) is 11.5 Å². The smallest absolute Gasteiger partial charge is 0.348 e. The third-order valence-electron chi connectivity index (χ3n) is 4.21. The van der Waals surface area contributed by atoms with E-state index < -0.39 is 12.1 Å². The Balaban J connectivity index is 1.39. The maximum absolute atomic E-state index is 12.2. The van der Waals surface area contributed by atoms with Crippen LogP contribution in [0.3, 0.4) is 0 Å². The van der Waals surface area contributed by atoms with Crippen molar-refractivity contribution in [2.45, 2.75) is 19.1 Å². The predicted molar refractivity (Wildman–Crippen MR) is 92.8 cm³/mol. The summed E-state index contributed by atoms with van der Waals surface area (Å²) in [5.41, 5.74) is 2.44. The minimum Gasteiger partial charge on any atom is -0.496 e. The van der Waals surface area contributed by atoms with Crippen LogP contribution in [0, 0.1) is 0 Å². The number of esters is 1. The molecule has 26 heavy (non-hydrogen) atoms. The van der Waals surface area contributed by atoms with Crippen LogP contribution in [0.2, 0.25) is 0 Å². The van der Waals surface area contributed by atoms with Crippen LogP contribution in [0.4, 0.5) is 0 Å². The molecule has 0 saturated carbocycles. The third-order valence-corrected chi connectivity index (χ3v) is 4.21. The lowest BCUT2D eigenvalue weighted by atomic mass is 10.1. The number of hydrogen-bond donors (Lipinski definition) is 0. The summed E-state index contributed by atoms with van der Waals surface area (Å²) in [6.07, 6.45) is -0.110. The van der Waals surface area contributed by atoms with Crippen molar-refractivity contribution in [1.29, 1.82) is 0 Å². The Hall–Kier alpha value is -3.28. The first kappa shape index (κ1) is 16.2. The van der Waals surface area contributed by atoms with Gasteiger partial charge in [-0.1, -0.05) is 35.5 Å². The van der Waals surface area contributed by atoms with Gasteiger partial charge in [0.15, 0.2) is 18.5 Å². The van der Waals surface area contributed by atoms with Crippen LogP contribution in [-0.2, 0) is 22.6 Å². The summed E-state index contributed by atoms with van der Waals surface area (Å²) in [5.74, 6) is 1.46. The summed E-state index contributed by atoms with van der Waals surface area (Å²) in [5, 5.41) is 4.03. The maximum atomic E-state index is 12.2. The van der Waals surface area contributed by atoms with Crippen LogP contribution < -0.4 is 9.47 Å². The lowest BCUT2D eigenvalue weighted by Crippen LogP contribution is -2.27. The van der Waals surface area contributed by atoms with E-state index in [0.717, 1.165) is 16.9 Å². The van der Waals surface area contributed by atoms with Crippen LogP contribution in [0.15, 0.2) is 59.1 Å². The van der Waals surface area contributed by atoms with Gasteiger partial charge in [-0.3, -0.25) is 0 Å². The molecule has 0 spiro atoms. The Kier molecular flexibility index (Phi) is 4.31. The second-order valence-corrected chi connectivity index (χ2v) is 5.90. The molecule has 6 heteroatoms. The zero-order valence-electron chi connectivity index (χ0n) is 14.2. The van der Waals surface area contributed by atoms with E-state index in [4.69, 9.17) is 18.7 Å². The predicted octanol–water partition coefficient (Wildman–Crippen LogP) is 3.40. The summed E-state index contributed by atoms with van der Waals surface area (Å²) in [6, 6.07) is 16.8. The Morgan fingerprint density at radius 3 is 2.85 bits per heavy atom. The van der Waals surface area contributed by atoms with Crippen molar-refractivity contribution in [2.24, 2.45) is 0 Å². The standard InChI is InChI=1S/C20H17NO5/c1-23-18-9-5-3-7-15(18)16-11-14(26-21-16)12-24-20(22)19-10-13-6-2-4-8-17(13)25-19/h2-9,11,19H,10,12H2,1H3/t19-/m1/s1. The summed E-state index contributed by atoms with van der Waals surface area (Å²) < 4.78 is 21.5. The third kappa shape index (κ3) is 3.13. The Labute approximate surface area is 150 Å². The van der Waals surface area contributed by atoms with Crippen molar-refractivity contribution < 1.29 is 23.5 Å². The summed E-state index contributed by atoms with van der Waals surface area (Å²) >= 11 is 0. The Morgan fingerprint density at radius 2 is 2.00 bits per heavy atom. The zero-order chi connectivity index (χ0) is 17.9. The highest BCUT2D eigenvalue weighted by molar-refractivity contribution is 5.77. The number of rotatable bonds is 5. The van der Waals surface area contributed by atoms with Crippen molar-refractivity contribution in [2.75, 3.05) is 7.11 Å². The molecule has 0 bridgehead atoms.